The van der Waals surface area contributed by atoms with E-state index in [2.05, 4.69) is 228 Å². The van der Waals surface area contributed by atoms with Crippen LogP contribution in [0.15, 0.2) is 0 Å². The summed E-state index contributed by atoms with van der Waals surface area (Å²) in [4.78, 5) is 114. The van der Waals surface area contributed by atoms with Crippen molar-refractivity contribution in [2.45, 2.75) is 137 Å². The minimum Gasteiger partial charge on any atom is -0.469 e. The van der Waals surface area contributed by atoms with E-state index in [-0.39, 0.29) is 132 Å². The molecule has 0 unspecified atom stereocenters. The Balaban J connectivity index is -0.000000188. The van der Waals surface area contributed by atoms with E-state index in [1.165, 1.54) is 20.0 Å². The first-order chi connectivity index (χ1) is 51.8. The number of unbranched alkanes of at least 4 members (excludes halogenated alkanes) is 3. The molecule has 0 aromatic rings. The maximum Gasteiger partial charge on any atom is 0.306 e. The van der Waals surface area contributed by atoms with E-state index in [9.17, 15) is 47.9 Å². The first-order valence-corrected chi connectivity index (χ1v) is 45.4. The fraction of sp³-hybridized carbons (Fsp3) is 0.853. The number of carbonyl (C=O) groups excluding carboxylic acids is 10. The first-order valence-electron chi connectivity index (χ1n) is 35.3. The van der Waals surface area contributed by atoms with Crippen LogP contribution in [-0.2, 0) is 114 Å². The Hall–Kier alpha value is 0.140. The van der Waals surface area contributed by atoms with Gasteiger partial charge in [-0.3, -0.25) is 47.9 Å². The molecular formula is C68H132O24S16. The normalized spacial score (nSPS) is 10.3. The van der Waals surface area contributed by atoms with E-state index < -0.39 is 52.6 Å². The lowest BCUT2D eigenvalue weighted by Crippen LogP contribution is -2.44. The maximum atomic E-state index is 11.8. The molecule has 0 aliphatic heterocycles. The Morgan fingerprint density at radius 3 is 0.657 bits per heavy atom. The summed E-state index contributed by atoms with van der Waals surface area (Å²) in [5, 5.41) is 0. The molecule has 24 nitrogen and oxygen atoms in total. The van der Waals surface area contributed by atoms with Crippen LogP contribution in [-0.4, -0.2) is 271 Å². The van der Waals surface area contributed by atoms with Gasteiger partial charge in [0.25, 0.3) is 0 Å². The first kappa shape index (κ1) is 124. The summed E-state index contributed by atoms with van der Waals surface area (Å²) in [6, 6.07) is 0. The van der Waals surface area contributed by atoms with E-state index >= 15 is 0 Å². The van der Waals surface area contributed by atoms with Crippen LogP contribution < -0.4 is 0 Å². The van der Waals surface area contributed by atoms with Crippen molar-refractivity contribution in [1.82, 2.24) is 0 Å². The van der Waals surface area contributed by atoms with Crippen LogP contribution >= 0.6 is 202 Å². The highest BCUT2D eigenvalue weighted by atomic mass is 32.1. The number of carbonyl (C=O) groups is 10. The van der Waals surface area contributed by atoms with Crippen molar-refractivity contribution in [3.8, 4) is 0 Å². The van der Waals surface area contributed by atoms with E-state index in [0.717, 1.165) is 92.5 Å². The van der Waals surface area contributed by atoms with Crippen molar-refractivity contribution in [3.63, 3.8) is 0 Å². The van der Waals surface area contributed by atoms with E-state index in [1.807, 2.05) is 6.92 Å². The van der Waals surface area contributed by atoms with Crippen molar-refractivity contribution >= 4 is 262 Å². The van der Waals surface area contributed by atoms with Gasteiger partial charge in [0, 0.05) is 92.0 Å². The zero-order valence-corrected chi connectivity index (χ0v) is 78.2. The van der Waals surface area contributed by atoms with Crippen LogP contribution in [0.4, 0.5) is 0 Å². The number of methoxy groups -OCH3 is 1. The van der Waals surface area contributed by atoms with Gasteiger partial charge >= 0.3 is 59.7 Å². The molecule has 0 saturated carbocycles. The van der Waals surface area contributed by atoms with Crippen LogP contribution in [0, 0.1) is 16.7 Å². The number of ether oxygens (including phenoxy) is 14. The summed E-state index contributed by atoms with van der Waals surface area (Å²) in [7, 11) is 1.37. The Labute approximate surface area is 734 Å². The van der Waals surface area contributed by atoms with E-state index in [0.29, 0.717) is 99.8 Å². The van der Waals surface area contributed by atoms with Crippen molar-refractivity contribution in [2.24, 2.45) is 16.7 Å². The van der Waals surface area contributed by atoms with Gasteiger partial charge in [-0.15, -0.1) is 0 Å². The van der Waals surface area contributed by atoms with Gasteiger partial charge in [0.15, 0.2) is 0 Å². The molecule has 0 fully saturated rings. The summed E-state index contributed by atoms with van der Waals surface area (Å²) in [6.07, 6.45) is 9.25. The van der Waals surface area contributed by atoms with Gasteiger partial charge in [-0.05, 0) is 25.2 Å². The summed E-state index contributed by atoms with van der Waals surface area (Å²) in [5.41, 5.74) is -2.03. The lowest BCUT2D eigenvalue weighted by atomic mass is 9.88. The summed E-state index contributed by atoms with van der Waals surface area (Å²) in [6.45, 7) is 14.1. The molecule has 0 rings (SSSR count). The average molecular weight is 1850 g/mol. The largest absolute Gasteiger partial charge is 0.469 e. The Bertz CT molecular complexity index is 1900. The molecule has 0 heterocycles. The fourth-order valence-electron chi connectivity index (χ4n) is 6.24. The third-order valence-electron chi connectivity index (χ3n) is 12.1. The average Bonchev–Trinajstić information content (AvgIpc) is 0.859. The lowest BCUT2D eigenvalue weighted by Gasteiger charge is -2.31. The van der Waals surface area contributed by atoms with Crippen molar-refractivity contribution in [1.29, 1.82) is 0 Å². The minimum atomic E-state index is -1.25. The quantitative estimate of drug-likeness (QED) is 0.0116. The molecule has 0 aromatic heterocycles. The fourth-order valence-corrected chi connectivity index (χ4v) is 8.84. The highest BCUT2D eigenvalue weighted by Gasteiger charge is 2.38. The predicted molar refractivity (Wildman–Crippen MR) is 485 cm³/mol. The third-order valence-corrected chi connectivity index (χ3v) is 15.5. The van der Waals surface area contributed by atoms with Crippen LogP contribution in [0.5, 0.6) is 0 Å². The van der Waals surface area contributed by atoms with Gasteiger partial charge in [-0.2, -0.15) is 202 Å². The molecule has 644 valence electrons. The highest BCUT2D eigenvalue weighted by Crippen LogP contribution is 2.26. The molecule has 40 heteroatoms. The smallest absolute Gasteiger partial charge is 0.306 e. The zero-order chi connectivity index (χ0) is 83.6. The lowest BCUT2D eigenvalue weighted by molar-refractivity contribution is -0.171. The van der Waals surface area contributed by atoms with Crippen LogP contribution in [0.3, 0.4) is 0 Å². The van der Waals surface area contributed by atoms with Crippen LogP contribution in [0.25, 0.3) is 0 Å². The van der Waals surface area contributed by atoms with Crippen molar-refractivity contribution in [3.05, 3.63) is 0 Å². The van der Waals surface area contributed by atoms with E-state index in [1.54, 1.807) is 0 Å². The number of hydrogen-bond acceptors (Lipinski definition) is 40. The second-order valence-corrected chi connectivity index (χ2v) is 29.3. The molecule has 0 atom stereocenters. The molecule has 0 amide bonds. The van der Waals surface area contributed by atoms with Gasteiger partial charge in [-0.25, -0.2) is 0 Å². The van der Waals surface area contributed by atoms with E-state index in [4.69, 9.17) is 61.6 Å². The maximum absolute atomic E-state index is 11.8. The standard InChI is InChI=1S/C17H28O8S4.C15H26O6S3.C11H22O2S.C7H14O2S.C6H14O2S2.C4H8O2S.2C4H10OS2/c18-13(1-5-26)22-9-17(10-23-14(19)2-6-27,11-24-15(20)3-7-28)12-25-16(21)4-8-29;1-2-15(9-19-12(16)3-6-22,10-20-13(17)4-7-23)11-21-14(18)5-8-24;1-10(2)6-4-3-5-8-13-11(12)7-9-14;1-2-3-5-9-7(8)4-6-10;9-5-3-7-1-2-8-4-6-10;1-6-4(5)2-3-7;2*6-3-1-5-2-4-7/h26-29H,1-12H2;22-24H,2-11H2,1H3;10,14H,3-9H2,1-2H3;10H,2-6H2,1H3;9-10H,1-6H2;7H,2-3H2,1H3;2*6-7H,1-4H2. The topological polar surface area (TPSA) is 300 Å². The molecule has 0 radical (unpaired) electrons. The minimum absolute atomic E-state index is 0.00157. The number of hydrogen-bond donors (Lipinski definition) is 16. The van der Waals surface area contributed by atoms with Crippen molar-refractivity contribution < 1.29 is 114 Å². The number of esters is 10. The molecule has 108 heavy (non-hydrogen) atoms. The Morgan fingerprint density at radius 2 is 0.463 bits per heavy atom. The molecular weight excluding hydrogens is 1710 g/mol. The van der Waals surface area contributed by atoms with Crippen molar-refractivity contribution in [2.75, 3.05) is 211 Å². The summed E-state index contributed by atoms with van der Waals surface area (Å²) >= 11 is 63.2. The predicted octanol–water partition coefficient (Wildman–Crippen LogP) is 11.2. The third kappa shape index (κ3) is 104. The summed E-state index contributed by atoms with van der Waals surface area (Å²) < 4.78 is 70.8. The SMILES string of the molecule is CC(C)CCCCCOC(=O)CCS.CCC(COC(=O)CCS)(COC(=O)CCS)COC(=O)CCS.CCCCOC(=O)CCS.COC(=O)CCS.O=C(CCS)OCC(COC(=O)CCS)(COC(=O)CCS)COC(=O)CCS.SCCOCCOCCS.SCCOCCS.SCCOCCS. The molecule has 0 spiro atoms. The second-order valence-electron chi connectivity index (χ2n) is 22.1. The van der Waals surface area contributed by atoms with Crippen LogP contribution in [0.2, 0.25) is 0 Å². The number of thiol groups is 16. The Kier molecular flexibility index (Phi) is 116. The second kappa shape index (κ2) is 101. The van der Waals surface area contributed by atoms with Gasteiger partial charge < -0.3 is 66.3 Å². The molecule has 0 N–H and O–H groups in total. The zero-order valence-electron chi connectivity index (χ0n) is 63.9. The van der Waals surface area contributed by atoms with Gasteiger partial charge in [0.05, 0.1) is 143 Å². The van der Waals surface area contributed by atoms with Gasteiger partial charge in [-0.1, -0.05) is 53.4 Å². The van der Waals surface area contributed by atoms with Gasteiger partial charge in [0.2, 0.25) is 0 Å². The van der Waals surface area contributed by atoms with Gasteiger partial charge in [0.1, 0.15) is 51.7 Å². The van der Waals surface area contributed by atoms with Crippen LogP contribution in [0.1, 0.15) is 137 Å². The molecule has 0 saturated heterocycles. The highest BCUT2D eigenvalue weighted by molar-refractivity contribution is 7.82. The number of rotatable bonds is 59. The Morgan fingerprint density at radius 1 is 0.250 bits per heavy atom. The monoisotopic (exact) mass is 1840 g/mol. The summed E-state index contributed by atoms with van der Waals surface area (Å²) in [5.74, 6) is 5.75. The molecule has 0 aromatic carbocycles. The molecule has 0 aliphatic rings. The molecule has 0 bridgehead atoms. The molecule has 0 aliphatic carbocycles.